The molecule has 2 aliphatic heterocycles. The van der Waals surface area contributed by atoms with E-state index in [2.05, 4.69) is 10.6 Å². The van der Waals surface area contributed by atoms with E-state index in [1.54, 1.807) is 12.1 Å². The van der Waals surface area contributed by atoms with Crippen molar-refractivity contribution >= 4 is 35.2 Å². The molecule has 1 fully saturated rings. The minimum atomic E-state index is -1.06. The van der Waals surface area contributed by atoms with E-state index in [9.17, 15) is 24.0 Å². The summed E-state index contributed by atoms with van der Waals surface area (Å²) in [5.41, 5.74) is 5.74. The van der Waals surface area contributed by atoms with E-state index >= 15 is 0 Å². The van der Waals surface area contributed by atoms with Gasteiger partial charge >= 0.3 is 0 Å². The molecule has 2 heterocycles. The lowest BCUT2D eigenvalue weighted by Gasteiger charge is -2.27. The van der Waals surface area contributed by atoms with Crippen LogP contribution in [0.5, 0.6) is 0 Å². The summed E-state index contributed by atoms with van der Waals surface area (Å²) in [6, 6.07) is 3.55. The van der Waals surface area contributed by atoms with Crippen LogP contribution in [-0.2, 0) is 28.6 Å². The minimum absolute atomic E-state index is 0.0390. The Morgan fingerprint density at radius 1 is 0.946 bits per heavy atom. The second kappa shape index (κ2) is 14.5. The van der Waals surface area contributed by atoms with Crippen molar-refractivity contribution in [1.82, 2.24) is 10.2 Å². The summed E-state index contributed by atoms with van der Waals surface area (Å²) in [6.45, 7) is 3.55. The predicted octanol–water partition coefficient (Wildman–Crippen LogP) is 0.595. The molecule has 1 aromatic carbocycles. The monoisotopic (exact) mass is 518 g/mol. The lowest BCUT2D eigenvalue weighted by Crippen LogP contribution is -2.54. The lowest BCUT2D eigenvalue weighted by molar-refractivity contribution is -0.136. The number of anilines is 1. The Labute approximate surface area is 215 Å². The first kappa shape index (κ1) is 28.4. The van der Waals surface area contributed by atoms with Gasteiger partial charge in [-0.1, -0.05) is 12.5 Å². The van der Waals surface area contributed by atoms with E-state index in [4.69, 9.17) is 19.9 Å². The molecule has 0 radical (unpaired) electrons. The molecule has 5 amide bonds. The van der Waals surface area contributed by atoms with Crippen LogP contribution >= 0.6 is 0 Å². The number of fused-ring (bicyclic) bond motifs is 1. The molecule has 0 spiro atoms. The summed E-state index contributed by atoms with van der Waals surface area (Å²) in [5, 5.41) is 4.88. The van der Waals surface area contributed by atoms with Gasteiger partial charge in [0, 0.05) is 26.0 Å². The third-order valence-electron chi connectivity index (χ3n) is 5.94. The number of nitrogens with zero attached hydrogens (tertiary/aromatic N) is 1. The highest BCUT2D eigenvalue weighted by Gasteiger charge is 2.45. The Hall–Kier alpha value is -3.19. The van der Waals surface area contributed by atoms with Gasteiger partial charge in [0.1, 0.15) is 6.04 Å². The normalized spacial score (nSPS) is 17.2. The zero-order chi connectivity index (χ0) is 26.6. The highest BCUT2D eigenvalue weighted by molar-refractivity contribution is 6.26. The zero-order valence-corrected chi connectivity index (χ0v) is 20.8. The molecule has 1 aromatic rings. The van der Waals surface area contributed by atoms with Crippen molar-refractivity contribution in [3.8, 4) is 0 Å². The van der Waals surface area contributed by atoms with Gasteiger partial charge in [-0.15, -0.1) is 0 Å². The molecular formula is C25H34N4O8. The van der Waals surface area contributed by atoms with Crippen LogP contribution in [0.1, 0.15) is 59.2 Å². The highest BCUT2D eigenvalue weighted by Crippen LogP contribution is 2.32. The summed E-state index contributed by atoms with van der Waals surface area (Å²) in [5.74, 6) is -2.67. The van der Waals surface area contributed by atoms with Crippen LogP contribution < -0.4 is 16.4 Å². The van der Waals surface area contributed by atoms with E-state index < -0.39 is 29.7 Å². The molecule has 3 rings (SSSR count). The van der Waals surface area contributed by atoms with Gasteiger partial charge in [0.15, 0.2) is 0 Å². The number of benzene rings is 1. The van der Waals surface area contributed by atoms with E-state index in [-0.39, 0.29) is 42.0 Å². The van der Waals surface area contributed by atoms with Gasteiger partial charge in [0.05, 0.1) is 49.8 Å². The first-order chi connectivity index (χ1) is 17.9. The van der Waals surface area contributed by atoms with Gasteiger partial charge in [0.25, 0.3) is 11.8 Å². The third kappa shape index (κ3) is 7.89. The number of ether oxygens (including phenoxy) is 3. The van der Waals surface area contributed by atoms with E-state index in [0.717, 1.165) is 17.7 Å². The number of carbonyl (C=O) groups is 5. The summed E-state index contributed by atoms with van der Waals surface area (Å²) < 4.78 is 16.1. The van der Waals surface area contributed by atoms with Gasteiger partial charge in [-0.3, -0.25) is 34.2 Å². The standard InChI is InChI=1S/C25H34N4O8/c26-10-12-36-14-16-37-15-13-35-11-3-1-2-7-20(30)27-18-6-4-5-17-22(18)25(34)29(24(17)33)19-8-9-21(31)28-23(19)32/h4-6,19H,1-3,7-16,26H2,(H,27,30)(H,28,31,32). The molecule has 12 heteroatoms. The lowest BCUT2D eigenvalue weighted by atomic mass is 10.0. The summed E-state index contributed by atoms with van der Waals surface area (Å²) in [6.07, 6.45) is 2.56. The van der Waals surface area contributed by atoms with E-state index in [1.165, 1.54) is 6.07 Å². The van der Waals surface area contributed by atoms with Crippen molar-refractivity contribution in [2.75, 3.05) is 51.5 Å². The Bertz CT molecular complexity index is 999. The third-order valence-corrected chi connectivity index (χ3v) is 5.94. The molecule has 0 bridgehead atoms. The van der Waals surface area contributed by atoms with E-state index in [1.807, 2.05) is 0 Å². The molecule has 0 saturated carbocycles. The largest absolute Gasteiger partial charge is 0.379 e. The molecular weight excluding hydrogens is 484 g/mol. The van der Waals surface area contributed by atoms with Crippen molar-refractivity contribution in [1.29, 1.82) is 0 Å². The van der Waals surface area contributed by atoms with Crippen LogP contribution in [0.4, 0.5) is 5.69 Å². The van der Waals surface area contributed by atoms with Gasteiger partial charge in [-0.25, -0.2) is 0 Å². The smallest absolute Gasteiger partial charge is 0.264 e. The average molecular weight is 519 g/mol. The molecule has 0 aliphatic carbocycles. The Balaban J connectivity index is 1.37. The zero-order valence-electron chi connectivity index (χ0n) is 20.8. The molecule has 1 atom stereocenters. The maximum absolute atomic E-state index is 13.1. The minimum Gasteiger partial charge on any atom is -0.379 e. The fraction of sp³-hybridized carbons (Fsp3) is 0.560. The number of imide groups is 2. The quantitative estimate of drug-likeness (QED) is 0.210. The maximum atomic E-state index is 13.1. The Kier molecular flexibility index (Phi) is 11.1. The van der Waals surface area contributed by atoms with Crippen LogP contribution in [0, 0.1) is 0 Å². The van der Waals surface area contributed by atoms with Gasteiger partial charge in [0.2, 0.25) is 17.7 Å². The number of hydrogen-bond donors (Lipinski definition) is 3. The molecule has 1 unspecified atom stereocenters. The number of carbonyl (C=O) groups excluding carboxylic acids is 5. The average Bonchev–Trinajstić information content (AvgIpc) is 3.12. The topological polar surface area (TPSA) is 166 Å². The van der Waals surface area contributed by atoms with Gasteiger partial charge < -0.3 is 25.3 Å². The molecule has 1 saturated heterocycles. The number of nitrogens with one attached hydrogen (secondary N) is 2. The first-order valence-corrected chi connectivity index (χ1v) is 12.5. The van der Waals surface area contributed by atoms with Crippen molar-refractivity contribution in [2.45, 2.75) is 44.6 Å². The summed E-state index contributed by atoms with van der Waals surface area (Å²) >= 11 is 0. The molecule has 12 nitrogen and oxygen atoms in total. The van der Waals surface area contributed by atoms with Crippen molar-refractivity contribution in [2.24, 2.45) is 5.73 Å². The Morgan fingerprint density at radius 2 is 1.65 bits per heavy atom. The Morgan fingerprint density at radius 3 is 2.35 bits per heavy atom. The molecule has 37 heavy (non-hydrogen) atoms. The molecule has 202 valence electrons. The number of hydrogen-bond acceptors (Lipinski definition) is 9. The summed E-state index contributed by atoms with van der Waals surface area (Å²) in [4.78, 5) is 63.0. The maximum Gasteiger partial charge on any atom is 0.264 e. The second-order valence-corrected chi connectivity index (χ2v) is 8.66. The number of rotatable bonds is 16. The SMILES string of the molecule is NCCOCCOCCOCCCCCC(=O)Nc1cccc2c1C(=O)N(C1CCC(=O)NC1=O)C2=O. The fourth-order valence-electron chi connectivity index (χ4n) is 4.12. The van der Waals surface area contributed by atoms with Crippen LogP contribution in [0.25, 0.3) is 0 Å². The first-order valence-electron chi connectivity index (χ1n) is 12.5. The van der Waals surface area contributed by atoms with Gasteiger partial charge in [-0.2, -0.15) is 0 Å². The van der Waals surface area contributed by atoms with Crippen LogP contribution in [-0.4, -0.2) is 86.7 Å². The van der Waals surface area contributed by atoms with Crippen LogP contribution in [0.2, 0.25) is 0 Å². The highest BCUT2D eigenvalue weighted by atomic mass is 16.5. The summed E-state index contributed by atoms with van der Waals surface area (Å²) in [7, 11) is 0. The van der Waals surface area contributed by atoms with Crippen LogP contribution in [0.15, 0.2) is 18.2 Å². The van der Waals surface area contributed by atoms with E-state index in [0.29, 0.717) is 52.6 Å². The van der Waals surface area contributed by atoms with Crippen molar-refractivity contribution in [3.63, 3.8) is 0 Å². The molecule has 0 aromatic heterocycles. The fourth-order valence-corrected chi connectivity index (χ4v) is 4.12. The van der Waals surface area contributed by atoms with Gasteiger partial charge in [-0.05, 0) is 31.4 Å². The number of piperidine rings is 1. The van der Waals surface area contributed by atoms with Crippen molar-refractivity contribution in [3.05, 3.63) is 29.3 Å². The number of nitrogens with two attached hydrogens (primary N) is 1. The predicted molar refractivity (Wildman–Crippen MR) is 132 cm³/mol. The number of unbranched alkanes of at least 4 members (excludes halogenated alkanes) is 2. The van der Waals surface area contributed by atoms with Crippen molar-refractivity contribution < 1.29 is 38.2 Å². The molecule has 2 aliphatic rings. The van der Waals surface area contributed by atoms with Crippen LogP contribution in [0.3, 0.4) is 0 Å². The number of amides is 5. The molecule has 4 N–H and O–H groups in total. The second-order valence-electron chi connectivity index (χ2n) is 8.66.